The number of benzene rings is 2. The van der Waals surface area contributed by atoms with Crippen LogP contribution in [0.25, 0.3) is 10.8 Å². The van der Waals surface area contributed by atoms with Crippen LogP contribution >= 0.6 is 0 Å². The van der Waals surface area contributed by atoms with Gasteiger partial charge in [-0.1, -0.05) is 0 Å². The normalized spacial score (nSPS) is 31.7. The molecule has 4 rings (SSSR count). The Morgan fingerprint density at radius 1 is 1.07 bits per heavy atom. The Hall–Kier alpha value is -2.27. The fraction of sp³-hybridized carbons (Fsp3) is 0.476. The first-order chi connectivity index (χ1) is 14.2. The van der Waals surface area contributed by atoms with Crippen LogP contribution < -0.4 is 0 Å². The maximum absolute atomic E-state index is 12.8. The number of ether oxygens (including phenoxy) is 2. The summed E-state index contributed by atoms with van der Waals surface area (Å²) < 4.78 is 11.1. The van der Waals surface area contributed by atoms with Gasteiger partial charge < -0.3 is 40.1 Å². The largest absolute Gasteiger partial charge is 0.508 e. The van der Waals surface area contributed by atoms with E-state index >= 15 is 0 Å². The number of aromatic hydroxyl groups is 2. The zero-order valence-electron chi connectivity index (χ0n) is 16.2. The SMILES string of the molecule is Cc1cc(O)cc2cc3c(c(O)c12)C(=O)C[C@H](O[C@@H]1O[C@H](CO)[C@@H](O)[C@@H](O)[C@H]1O)C3. The Balaban J connectivity index is 1.63. The predicted molar refractivity (Wildman–Crippen MR) is 103 cm³/mol. The molecule has 162 valence electrons. The second-order valence-corrected chi connectivity index (χ2v) is 7.91. The molecule has 2 aromatic rings. The van der Waals surface area contributed by atoms with Gasteiger partial charge in [-0.05, 0) is 41.6 Å². The Morgan fingerprint density at radius 3 is 2.50 bits per heavy atom. The highest BCUT2D eigenvalue weighted by molar-refractivity contribution is 6.08. The lowest BCUT2D eigenvalue weighted by molar-refractivity contribution is -0.310. The minimum atomic E-state index is -1.58. The molecule has 0 aromatic heterocycles. The second kappa shape index (κ2) is 7.77. The Morgan fingerprint density at radius 2 is 1.80 bits per heavy atom. The van der Waals surface area contributed by atoms with Gasteiger partial charge in [0.05, 0.1) is 18.3 Å². The topological polar surface area (TPSA) is 157 Å². The van der Waals surface area contributed by atoms with Crippen molar-refractivity contribution in [3.63, 3.8) is 0 Å². The van der Waals surface area contributed by atoms with Crippen LogP contribution in [0.15, 0.2) is 18.2 Å². The lowest BCUT2D eigenvalue weighted by Gasteiger charge is -2.41. The van der Waals surface area contributed by atoms with E-state index in [9.17, 15) is 35.4 Å². The molecule has 0 amide bonds. The first kappa shape index (κ1) is 21.0. The van der Waals surface area contributed by atoms with Crippen molar-refractivity contribution >= 4 is 16.6 Å². The van der Waals surface area contributed by atoms with E-state index in [0.717, 1.165) is 0 Å². The van der Waals surface area contributed by atoms with Crippen LogP contribution in [0.2, 0.25) is 0 Å². The first-order valence-corrected chi connectivity index (χ1v) is 9.68. The molecule has 6 atom stereocenters. The summed E-state index contributed by atoms with van der Waals surface area (Å²) in [4.78, 5) is 12.8. The van der Waals surface area contributed by atoms with Crippen molar-refractivity contribution in [1.82, 2.24) is 0 Å². The van der Waals surface area contributed by atoms with E-state index in [1.54, 1.807) is 13.0 Å². The Labute approximate surface area is 171 Å². The summed E-state index contributed by atoms with van der Waals surface area (Å²) in [5, 5.41) is 60.9. The van der Waals surface area contributed by atoms with E-state index in [2.05, 4.69) is 0 Å². The molecule has 1 heterocycles. The monoisotopic (exact) mass is 420 g/mol. The van der Waals surface area contributed by atoms with Crippen LogP contribution in [0.5, 0.6) is 11.5 Å². The minimum absolute atomic E-state index is 0.0376. The highest BCUT2D eigenvalue weighted by atomic mass is 16.7. The van der Waals surface area contributed by atoms with Gasteiger partial charge in [0.15, 0.2) is 12.1 Å². The maximum atomic E-state index is 12.8. The quantitative estimate of drug-likeness (QED) is 0.398. The van der Waals surface area contributed by atoms with Gasteiger partial charge >= 0.3 is 0 Å². The molecule has 1 aliphatic heterocycles. The number of rotatable bonds is 3. The molecule has 0 radical (unpaired) electrons. The molecule has 6 N–H and O–H groups in total. The van der Waals surface area contributed by atoms with Crippen LogP contribution in [0.4, 0.5) is 0 Å². The van der Waals surface area contributed by atoms with Crippen molar-refractivity contribution in [3.8, 4) is 11.5 Å². The Kier molecular flexibility index (Phi) is 5.43. The molecule has 1 fully saturated rings. The number of ketones is 1. The van der Waals surface area contributed by atoms with Gasteiger partial charge in [0.2, 0.25) is 0 Å². The van der Waals surface area contributed by atoms with Crippen LogP contribution in [-0.4, -0.2) is 79.8 Å². The summed E-state index contributed by atoms with van der Waals surface area (Å²) in [6.07, 6.45) is -7.69. The zero-order chi connectivity index (χ0) is 21.7. The van der Waals surface area contributed by atoms with Gasteiger partial charge in [0, 0.05) is 18.2 Å². The molecule has 0 saturated carbocycles. The van der Waals surface area contributed by atoms with Crippen molar-refractivity contribution in [2.24, 2.45) is 0 Å². The molecule has 2 aliphatic rings. The van der Waals surface area contributed by atoms with Gasteiger partial charge in [0.25, 0.3) is 0 Å². The summed E-state index contributed by atoms with van der Waals surface area (Å²) in [5.74, 6) is -0.454. The van der Waals surface area contributed by atoms with Gasteiger partial charge in [-0.15, -0.1) is 0 Å². The van der Waals surface area contributed by atoms with Crippen LogP contribution in [0.1, 0.15) is 27.9 Å². The highest BCUT2D eigenvalue weighted by Gasteiger charge is 2.45. The van der Waals surface area contributed by atoms with Gasteiger partial charge in [-0.2, -0.15) is 0 Å². The van der Waals surface area contributed by atoms with E-state index in [1.165, 1.54) is 12.1 Å². The summed E-state index contributed by atoms with van der Waals surface area (Å²) >= 11 is 0. The zero-order valence-corrected chi connectivity index (χ0v) is 16.2. The lowest BCUT2D eigenvalue weighted by atomic mass is 9.85. The number of hydrogen-bond donors (Lipinski definition) is 6. The Bertz CT molecular complexity index is 986. The number of phenols is 2. The van der Waals surface area contributed by atoms with E-state index in [0.29, 0.717) is 21.9 Å². The van der Waals surface area contributed by atoms with Crippen molar-refractivity contribution < 1.29 is 44.9 Å². The van der Waals surface area contributed by atoms with Crippen LogP contribution in [0, 0.1) is 6.92 Å². The third kappa shape index (κ3) is 3.43. The third-order valence-electron chi connectivity index (χ3n) is 5.79. The number of carbonyl (C=O) groups is 1. The fourth-order valence-electron chi connectivity index (χ4n) is 4.33. The average molecular weight is 420 g/mol. The van der Waals surface area contributed by atoms with Gasteiger partial charge in [-0.3, -0.25) is 4.79 Å². The number of carbonyl (C=O) groups excluding carboxylic acids is 1. The molecule has 9 heteroatoms. The minimum Gasteiger partial charge on any atom is -0.508 e. The van der Waals surface area contributed by atoms with E-state index in [1.807, 2.05) is 0 Å². The maximum Gasteiger partial charge on any atom is 0.186 e. The number of aliphatic hydroxyl groups is 4. The predicted octanol–water partition coefficient (Wildman–Crippen LogP) is -0.127. The number of phenolic OH excluding ortho intramolecular Hbond substituents is 2. The third-order valence-corrected chi connectivity index (χ3v) is 5.79. The molecule has 0 unspecified atom stereocenters. The van der Waals surface area contributed by atoms with Gasteiger partial charge in [-0.25, -0.2) is 0 Å². The van der Waals surface area contributed by atoms with E-state index in [-0.39, 0.29) is 35.7 Å². The molecule has 1 aliphatic carbocycles. The number of aliphatic hydroxyl groups excluding tert-OH is 4. The smallest absolute Gasteiger partial charge is 0.186 e. The summed E-state index contributed by atoms with van der Waals surface area (Å²) in [5.41, 5.74) is 1.36. The summed E-state index contributed by atoms with van der Waals surface area (Å²) in [6.45, 7) is 1.15. The lowest BCUT2D eigenvalue weighted by Crippen LogP contribution is -2.59. The molecule has 9 nitrogen and oxygen atoms in total. The molecule has 30 heavy (non-hydrogen) atoms. The molecule has 1 saturated heterocycles. The van der Waals surface area contributed by atoms with Crippen molar-refractivity contribution in [2.45, 2.75) is 56.6 Å². The van der Waals surface area contributed by atoms with Crippen LogP contribution in [-0.2, 0) is 15.9 Å². The standard InChI is InChI=1S/C21H24O9/c1-8-2-11(23)4-9-3-10-5-12(6-13(24)16(10)18(26)15(8)9)29-21-20(28)19(27)17(25)14(7-22)30-21/h2-4,12,14,17,19-23,25-28H,5-7H2,1H3/t12-,14-,17-,19-,20-,21-/m1/s1. The molecule has 0 spiro atoms. The van der Waals surface area contributed by atoms with Crippen molar-refractivity contribution in [1.29, 1.82) is 0 Å². The van der Waals surface area contributed by atoms with E-state index < -0.39 is 43.4 Å². The van der Waals surface area contributed by atoms with Crippen LogP contribution in [0.3, 0.4) is 0 Å². The molecular weight excluding hydrogens is 396 g/mol. The number of hydrogen-bond acceptors (Lipinski definition) is 9. The van der Waals surface area contributed by atoms with Crippen molar-refractivity contribution in [3.05, 3.63) is 34.9 Å². The number of aryl methyl sites for hydroxylation is 1. The molecule has 2 aromatic carbocycles. The molecule has 0 bridgehead atoms. The van der Waals surface area contributed by atoms with Crippen molar-refractivity contribution in [2.75, 3.05) is 6.61 Å². The van der Waals surface area contributed by atoms with E-state index in [4.69, 9.17) is 9.47 Å². The molecular formula is C21H24O9. The summed E-state index contributed by atoms with van der Waals surface area (Å²) in [7, 11) is 0. The summed E-state index contributed by atoms with van der Waals surface area (Å²) in [6, 6.07) is 4.71. The highest BCUT2D eigenvalue weighted by Crippen LogP contribution is 2.40. The first-order valence-electron chi connectivity index (χ1n) is 9.68. The average Bonchev–Trinajstić information content (AvgIpc) is 2.67. The van der Waals surface area contributed by atoms with Gasteiger partial charge in [0.1, 0.15) is 35.9 Å². The fourth-order valence-corrected chi connectivity index (χ4v) is 4.33. The number of Topliss-reactive ketones (excluding diaryl/α,β-unsaturated/α-hetero) is 1. The second-order valence-electron chi connectivity index (χ2n) is 7.91. The number of fused-ring (bicyclic) bond motifs is 2.